The van der Waals surface area contributed by atoms with Crippen LogP contribution in [-0.2, 0) is 15.9 Å². The van der Waals surface area contributed by atoms with Crippen molar-refractivity contribution < 1.29 is 14.3 Å². The normalized spacial score (nSPS) is 17.1. The van der Waals surface area contributed by atoms with E-state index in [0.29, 0.717) is 26.1 Å². The number of pyridine rings is 1. The first-order chi connectivity index (χ1) is 15.1. The Morgan fingerprint density at radius 2 is 2.09 bits per heavy atom. The third-order valence-corrected chi connectivity index (χ3v) is 6.66. The molecule has 1 fully saturated rings. The molecule has 170 valence electrons. The van der Waals surface area contributed by atoms with Gasteiger partial charge in [-0.3, -0.25) is 0 Å². The van der Waals surface area contributed by atoms with Crippen LogP contribution in [0.25, 0.3) is 16.9 Å². The smallest absolute Gasteiger partial charge is 0.410 e. The number of morpholine rings is 1. The molecule has 1 aliphatic rings. The number of halogens is 2. The maximum atomic E-state index is 12.6. The zero-order chi connectivity index (χ0) is 23.0. The molecule has 3 aromatic rings. The predicted octanol–water partition coefficient (Wildman–Crippen LogP) is 5.86. The van der Waals surface area contributed by atoms with Crippen molar-refractivity contribution in [2.75, 3.05) is 19.7 Å². The van der Waals surface area contributed by atoms with Crippen LogP contribution in [0.15, 0.2) is 41.0 Å². The Hall–Kier alpha value is -1.65. The summed E-state index contributed by atoms with van der Waals surface area (Å²) in [5, 5.41) is 0. The zero-order valence-corrected chi connectivity index (χ0v) is 22.4. The molecule has 0 bridgehead atoms. The van der Waals surface area contributed by atoms with Crippen LogP contribution in [-0.4, -0.2) is 51.8 Å². The Morgan fingerprint density at radius 3 is 2.81 bits per heavy atom. The number of benzene rings is 1. The molecule has 8 heteroatoms. The Bertz CT molecular complexity index is 1160. The van der Waals surface area contributed by atoms with E-state index in [1.165, 1.54) is 0 Å². The highest BCUT2D eigenvalue weighted by Crippen LogP contribution is 2.32. The molecule has 4 rings (SSSR count). The number of amides is 1. The lowest BCUT2D eigenvalue weighted by Gasteiger charge is -2.34. The fourth-order valence-electron chi connectivity index (χ4n) is 3.84. The summed E-state index contributed by atoms with van der Waals surface area (Å²) in [7, 11) is 0. The van der Waals surface area contributed by atoms with Crippen LogP contribution in [0.2, 0.25) is 0 Å². The summed E-state index contributed by atoms with van der Waals surface area (Å²) < 4.78 is 15.9. The number of fused-ring (bicyclic) bond motifs is 1. The SMILES string of the molecule is Cc1ccn2c(C[C@H]3CN(C(=O)OC(C)(C)C)CCO3)c(-c3ccc(Br)cc3I)nc2c1. The standard InChI is InChI=1S/C24H27BrIN3O3/c1-15-7-8-29-20(13-17-14-28(9-10-31-17)23(30)32-24(2,3)4)22(27-21(29)11-15)18-6-5-16(25)12-19(18)26/h5-8,11-12,17H,9-10,13-14H2,1-4H3/t17-/m0/s1. The van der Waals surface area contributed by atoms with E-state index in [2.05, 4.69) is 80.3 Å². The number of aryl methyl sites for hydroxylation is 1. The molecule has 0 saturated carbocycles. The van der Waals surface area contributed by atoms with Gasteiger partial charge in [0.1, 0.15) is 11.2 Å². The molecule has 32 heavy (non-hydrogen) atoms. The van der Waals surface area contributed by atoms with Crippen LogP contribution in [0.5, 0.6) is 0 Å². The van der Waals surface area contributed by atoms with Crippen LogP contribution in [0.3, 0.4) is 0 Å². The minimum Gasteiger partial charge on any atom is -0.444 e. The van der Waals surface area contributed by atoms with E-state index in [9.17, 15) is 4.79 Å². The number of nitrogens with zero attached hydrogens (tertiary/aromatic N) is 3. The molecule has 1 aromatic carbocycles. The number of hydrogen-bond acceptors (Lipinski definition) is 4. The number of aromatic nitrogens is 2. The highest BCUT2D eigenvalue weighted by Gasteiger charge is 2.30. The molecular weight excluding hydrogens is 585 g/mol. The molecule has 6 nitrogen and oxygen atoms in total. The second-order valence-corrected chi connectivity index (χ2v) is 11.2. The number of hydrogen-bond donors (Lipinski definition) is 0. The third kappa shape index (κ3) is 5.28. The van der Waals surface area contributed by atoms with Crippen LogP contribution >= 0.6 is 38.5 Å². The minimum absolute atomic E-state index is 0.135. The average molecular weight is 612 g/mol. The van der Waals surface area contributed by atoms with E-state index in [1.54, 1.807) is 4.90 Å². The summed E-state index contributed by atoms with van der Waals surface area (Å²) in [5.74, 6) is 0. The van der Waals surface area contributed by atoms with Gasteiger partial charge in [-0.25, -0.2) is 9.78 Å². The van der Waals surface area contributed by atoms with Crippen LogP contribution in [0, 0.1) is 10.5 Å². The molecule has 1 aliphatic heterocycles. The molecule has 0 aliphatic carbocycles. The van der Waals surface area contributed by atoms with Crippen molar-refractivity contribution >= 4 is 50.3 Å². The van der Waals surface area contributed by atoms with Crippen molar-refractivity contribution in [3.63, 3.8) is 0 Å². The van der Waals surface area contributed by atoms with Gasteiger partial charge < -0.3 is 18.8 Å². The quantitative estimate of drug-likeness (QED) is 0.349. The van der Waals surface area contributed by atoms with Crippen molar-refractivity contribution in [2.45, 2.75) is 45.8 Å². The van der Waals surface area contributed by atoms with Gasteiger partial charge >= 0.3 is 6.09 Å². The van der Waals surface area contributed by atoms with E-state index in [0.717, 1.165) is 36.2 Å². The van der Waals surface area contributed by atoms with Gasteiger partial charge in [-0.1, -0.05) is 22.0 Å². The van der Waals surface area contributed by atoms with Crippen LogP contribution < -0.4 is 0 Å². The van der Waals surface area contributed by atoms with Gasteiger partial charge in [-0.2, -0.15) is 0 Å². The topological polar surface area (TPSA) is 56.1 Å². The van der Waals surface area contributed by atoms with Crippen molar-refractivity contribution in [2.24, 2.45) is 0 Å². The second-order valence-electron chi connectivity index (χ2n) is 9.09. The summed E-state index contributed by atoms with van der Waals surface area (Å²) >= 11 is 5.90. The summed E-state index contributed by atoms with van der Waals surface area (Å²) in [6.45, 7) is 9.24. The van der Waals surface area contributed by atoms with Crippen molar-refractivity contribution in [1.29, 1.82) is 0 Å². The average Bonchev–Trinajstić information content (AvgIpc) is 3.04. The Morgan fingerprint density at radius 1 is 1.31 bits per heavy atom. The zero-order valence-electron chi connectivity index (χ0n) is 18.7. The number of ether oxygens (including phenoxy) is 2. The van der Waals surface area contributed by atoms with Gasteiger partial charge in [-0.15, -0.1) is 0 Å². The highest BCUT2D eigenvalue weighted by molar-refractivity contribution is 14.1. The van der Waals surface area contributed by atoms with Gasteiger partial charge in [-0.05, 0) is 80.1 Å². The summed E-state index contributed by atoms with van der Waals surface area (Å²) in [6, 6.07) is 10.4. The molecule has 1 atom stereocenters. The number of rotatable bonds is 3. The van der Waals surface area contributed by atoms with Crippen molar-refractivity contribution in [3.8, 4) is 11.3 Å². The van der Waals surface area contributed by atoms with E-state index in [4.69, 9.17) is 14.5 Å². The molecule has 0 spiro atoms. The first kappa shape index (κ1) is 23.5. The molecule has 0 N–H and O–H groups in total. The lowest BCUT2D eigenvalue weighted by atomic mass is 10.1. The lowest BCUT2D eigenvalue weighted by Crippen LogP contribution is -2.48. The van der Waals surface area contributed by atoms with Gasteiger partial charge in [0.2, 0.25) is 0 Å². The number of carbonyl (C=O) groups is 1. The first-order valence-corrected chi connectivity index (χ1v) is 12.5. The Balaban J connectivity index is 1.67. The number of carbonyl (C=O) groups excluding carboxylic acids is 1. The molecule has 0 radical (unpaired) electrons. The Kier molecular flexibility index (Phi) is 6.84. The van der Waals surface area contributed by atoms with E-state index >= 15 is 0 Å². The molecular formula is C24H27BrIN3O3. The predicted molar refractivity (Wildman–Crippen MR) is 137 cm³/mol. The molecule has 2 aromatic heterocycles. The minimum atomic E-state index is -0.518. The molecule has 0 unspecified atom stereocenters. The Labute approximate surface area is 210 Å². The monoisotopic (exact) mass is 611 g/mol. The summed E-state index contributed by atoms with van der Waals surface area (Å²) in [6.07, 6.45) is 2.29. The fourth-order valence-corrected chi connectivity index (χ4v) is 5.40. The maximum absolute atomic E-state index is 12.6. The summed E-state index contributed by atoms with van der Waals surface area (Å²) in [4.78, 5) is 19.3. The van der Waals surface area contributed by atoms with Gasteiger partial charge in [0, 0.05) is 32.8 Å². The maximum Gasteiger partial charge on any atom is 0.410 e. The second kappa shape index (κ2) is 9.30. The first-order valence-electron chi connectivity index (χ1n) is 10.6. The van der Waals surface area contributed by atoms with Gasteiger partial charge in [0.15, 0.2) is 0 Å². The van der Waals surface area contributed by atoms with Gasteiger partial charge in [0.05, 0.1) is 30.6 Å². The van der Waals surface area contributed by atoms with Crippen LogP contribution in [0.1, 0.15) is 32.0 Å². The fraction of sp³-hybridized carbons (Fsp3) is 0.417. The van der Waals surface area contributed by atoms with E-state index in [-0.39, 0.29) is 12.2 Å². The third-order valence-electron chi connectivity index (χ3n) is 5.28. The lowest BCUT2D eigenvalue weighted by molar-refractivity contribution is -0.0418. The van der Waals surface area contributed by atoms with Crippen molar-refractivity contribution in [3.05, 3.63) is 55.8 Å². The van der Waals surface area contributed by atoms with Gasteiger partial charge in [0.25, 0.3) is 0 Å². The van der Waals surface area contributed by atoms with Crippen molar-refractivity contribution in [1.82, 2.24) is 14.3 Å². The molecule has 1 amide bonds. The highest BCUT2D eigenvalue weighted by atomic mass is 127. The van der Waals surface area contributed by atoms with E-state index in [1.807, 2.05) is 26.8 Å². The summed E-state index contributed by atoms with van der Waals surface area (Å²) in [5.41, 5.74) is 4.67. The largest absolute Gasteiger partial charge is 0.444 e. The molecule has 3 heterocycles. The molecule has 1 saturated heterocycles. The van der Waals surface area contributed by atoms with E-state index < -0.39 is 5.60 Å². The van der Waals surface area contributed by atoms with Crippen LogP contribution in [0.4, 0.5) is 4.79 Å². The number of imidazole rings is 1.